The molecule has 2 aromatic rings. The van der Waals surface area contributed by atoms with Crippen molar-refractivity contribution in [3.8, 4) is 0 Å². The highest BCUT2D eigenvalue weighted by atomic mass is 32.2. The van der Waals surface area contributed by atoms with Crippen LogP contribution in [0.3, 0.4) is 0 Å². The van der Waals surface area contributed by atoms with Crippen LogP contribution in [0, 0.1) is 0 Å². The Morgan fingerprint density at radius 2 is 2.05 bits per heavy atom. The molecular weight excluding hydrogens is 300 g/mol. The second kappa shape index (κ2) is 4.99. The molecule has 7 heteroatoms. The molecule has 0 saturated heterocycles. The number of thiophene rings is 2. The molecule has 102 valence electrons. The van der Waals surface area contributed by atoms with E-state index in [0.29, 0.717) is 6.54 Å². The van der Waals surface area contributed by atoms with E-state index in [1.54, 1.807) is 22.8 Å². The minimum Gasteiger partial charge on any atom is -0.294 e. The molecule has 0 radical (unpaired) electrons. The standard InChI is InChI=1S/C12H14N2O2S3/c13-19(15,16)12-3-6-18-11(12)8-14-4-1-10-9(7-14)2-5-17-10/h2-3,5-6H,1,4,7-8H2,(H2,13,15,16). The molecule has 0 amide bonds. The van der Waals surface area contributed by atoms with Crippen LogP contribution in [0.1, 0.15) is 15.3 Å². The van der Waals surface area contributed by atoms with Crippen LogP contribution >= 0.6 is 22.7 Å². The Morgan fingerprint density at radius 1 is 1.26 bits per heavy atom. The predicted molar refractivity (Wildman–Crippen MR) is 77.8 cm³/mol. The molecule has 0 aromatic carbocycles. The summed E-state index contributed by atoms with van der Waals surface area (Å²) in [6.07, 6.45) is 1.04. The zero-order chi connectivity index (χ0) is 13.5. The Labute approximate surface area is 120 Å². The molecule has 0 bridgehead atoms. The minimum atomic E-state index is -3.60. The number of hydrogen-bond acceptors (Lipinski definition) is 5. The van der Waals surface area contributed by atoms with Gasteiger partial charge in [0.05, 0.1) is 4.90 Å². The van der Waals surface area contributed by atoms with Crippen LogP contribution in [0.4, 0.5) is 0 Å². The quantitative estimate of drug-likeness (QED) is 0.942. The molecule has 0 aliphatic carbocycles. The normalized spacial score (nSPS) is 16.5. The van der Waals surface area contributed by atoms with E-state index in [2.05, 4.69) is 16.3 Å². The molecule has 0 spiro atoms. The van der Waals surface area contributed by atoms with Crippen LogP contribution in [-0.2, 0) is 29.5 Å². The highest BCUT2D eigenvalue weighted by Gasteiger charge is 2.21. The number of nitrogens with two attached hydrogens (primary N) is 1. The predicted octanol–water partition coefficient (Wildman–Crippen LogP) is 2.02. The molecular formula is C12H14N2O2S3. The van der Waals surface area contributed by atoms with Gasteiger partial charge in [-0.2, -0.15) is 0 Å². The van der Waals surface area contributed by atoms with E-state index in [0.717, 1.165) is 24.4 Å². The molecule has 19 heavy (non-hydrogen) atoms. The van der Waals surface area contributed by atoms with Gasteiger partial charge in [0, 0.05) is 29.4 Å². The van der Waals surface area contributed by atoms with Crippen LogP contribution in [0.2, 0.25) is 0 Å². The number of hydrogen-bond donors (Lipinski definition) is 1. The van der Waals surface area contributed by atoms with Crippen LogP contribution < -0.4 is 5.14 Å². The average Bonchev–Trinajstić information content (AvgIpc) is 2.95. The van der Waals surface area contributed by atoms with Crippen molar-refractivity contribution >= 4 is 32.7 Å². The van der Waals surface area contributed by atoms with Gasteiger partial charge in [0.1, 0.15) is 0 Å². The van der Waals surface area contributed by atoms with Gasteiger partial charge in [-0.15, -0.1) is 22.7 Å². The van der Waals surface area contributed by atoms with Crippen molar-refractivity contribution in [3.05, 3.63) is 38.2 Å². The molecule has 1 aliphatic heterocycles. The fourth-order valence-corrected chi connectivity index (χ4v) is 5.26. The first-order chi connectivity index (χ1) is 9.04. The number of primary sulfonamides is 1. The number of rotatable bonds is 3. The van der Waals surface area contributed by atoms with Gasteiger partial charge in [0.2, 0.25) is 10.0 Å². The lowest BCUT2D eigenvalue weighted by Gasteiger charge is -2.26. The summed E-state index contributed by atoms with van der Waals surface area (Å²) in [5.74, 6) is 0. The Morgan fingerprint density at radius 3 is 2.84 bits per heavy atom. The summed E-state index contributed by atoms with van der Waals surface area (Å²) in [6, 6.07) is 3.75. The summed E-state index contributed by atoms with van der Waals surface area (Å²) in [5.41, 5.74) is 1.37. The van der Waals surface area contributed by atoms with Gasteiger partial charge < -0.3 is 0 Å². The van der Waals surface area contributed by atoms with Crippen molar-refractivity contribution in [2.24, 2.45) is 5.14 Å². The Hall–Kier alpha value is -0.730. The monoisotopic (exact) mass is 314 g/mol. The maximum atomic E-state index is 11.5. The topological polar surface area (TPSA) is 63.4 Å². The molecule has 1 aliphatic rings. The first kappa shape index (κ1) is 13.3. The van der Waals surface area contributed by atoms with Crippen LogP contribution in [-0.4, -0.2) is 19.9 Å². The van der Waals surface area contributed by atoms with Gasteiger partial charge in [0.25, 0.3) is 0 Å². The van der Waals surface area contributed by atoms with Crippen molar-refractivity contribution < 1.29 is 8.42 Å². The summed E-state index contributed by atoms with van der Waals surface area (Å²) >= 11 is 3.26. The maximum absolute atomic E-state index is 11.5. The summed E-state index contributed by atoms with van der Waals surface area (Å²) in [4.78, 5) is 4.83. The van der Waals surface area contributed by atoms with Crippen molar-refractivity contribution in [1.82, 2.24) is 4.90 Å². The van der Waals surface area contributed by atoms with E-state index in [1.807, 2.05) is 0 Å². The first-order valence-electron chi connectivity index (χ1n) is 5.91. The van der Waals surface area contributed by atoms with E-state index in [-0.39, 0.29) is 4.90 Å². The second-order valence-corrected chi connectivity index (χ2v) is 8.11. The van der Waals surface area contributed by atoms with Gasteiger partial charge >= 0.3 is 0 Å². The van der Waals surface area contributed by atoms with Gasteiger partial charge in [-0.3, -0.25) is 4.90 Å². The number of nitrogens with zero attached hydrogens (tertiary/aromatic N) is 1. The third kappa shape index (κ3) is 2.75. The molecule has 3 heterocycles. The lowest BCUT2D eigenvalue weighted by Crippen LogP contribution is -2.29. The SMILES string of the molecule is NS(=O)(=O)c1ccsc1CN1CCc2sccc2C1. The Balaban J connectivity index is 1.79. The number of sulfonamides is 1. The third-order valence-corrected chi connectivity index (χ3v) is 6.32. The first-order valence-corrected chi connectivity index (χ1v) is 9.21. The van der Waals surface area contributed by atoms with E-state index < -0.39 is 10.0 Å². The van der Waals surface area contributed by atoms with E-state index >= 15 is 0 Å². The second-order valence-electron chi connectivity index (χ2n) is 4.58. The van der Waals surface area contributed by atoms with E-state index in [9.17, 15) is 8.42 Å². The molecule has 0 fully saturated rings. The molecule has 0 saturated carbocycles. The van der Waals surface area contributed by atoms with Gasteiger partial charge in [-0.1, -0.05) is 0 Å². The fraction of sp³-hybridized carbons (Fsp3) is 0.333. The zero-order valence-corrected chi connectivity index (χ0v) is 12.7. The fourth-order valence-electron chi connectivity index (χ4n) is 2.34. The molecule has 0 unspecified atom stereocenters. The average molecular weight is 314 g/mol. The summed E-state index contributed by atoms with van der Waals surface area (Å²) < 4.78 is 23.0. The zero-order valence-electron chi connectivity index (χ0n) is 10.2. The third-order valence-electron chi connectivity index (χ3n) is 3.27. The van der Waals surface area contributed by atoms with Crippen LogP contribution in [0.25, 0.3) is 0 Å². The van der Waals surface area contributed by atoms with Gasteiger partial charge in [-0.25, -0.2) is 13.6 Å². The maximum Gasteiger partial charge on any atom is 0.239 e. The number of fused-ring (bicyclic) bond motifs is 1. The summed E-state index contributed by atoms with van der Waals surface area (Å²) in [6.45, 7) is 2.51. The molecule has 4 nitrogen and oxygen atoms in total. The highest BCUT2D eigenvalue weighted by molar-refractivity contribution is 7.89. The molecule has 3 rings (SSSR count). The molecule has 2 N–H and O–H groups in total. The molecule has 0 atom stereocenters. The Kier molecular flexibility index (Phi) is 3.48. The lowest BCUT2D eigenvalue weighted by molar-refractivity contribution is 0.248. The lowest BCUT2D eigenvalue weighted by atomic mass is 10.1. The van der Waals surface area contributed by atoms with Crippen molar-refractivity contribution in [2.75, 3.05) is 6.54 Å². The summed E-state index contributed by atoms with van der Waals surface area (Å²) in [7, 11) is -3.60. The van der Waals surface area contributed by atoms with E-state index in [1.165, 1.54) is 21.8 Å². The van der Waals surface area contributed by atoms with Crippen LogP contribution in [0.15, 0.2) is 27.8 Å². The van der Waals surface area contributed by atoms with Gasteiger partial charge in [-0.05, 0) is 34.9 Å². The minimum absolute atomic E-state index is 0.272. The van der Waals surface area contributed by atoms with Crippen molar-refractivity contribution in [2.45, 2.75) is 24.4 Å². The smallest absolute Gasteiger partial charge is 0.239 e. The van der Waals surface area contributed by atoms with Crippen molar-refractivity contribution in [3.63, 3.8) is 0 Å². The largest absolute Gasteiger partial charge is 0.294 e. The van der Waals surface area contributed by atoms with E-state index in [4.69, 9.17) is 5.14 Å². The van der Waals surface area contributed by atoms with Crippen molar-refractivity contribution in [1.29, 1.82) is 0 Å². The van der Waals surface area contributed by atoms with Gasteiger partial charge in [0.15, 0.2) is 0 Å². The van der Waals surface area contributed by atoms with Crippen LogP contribution in [0.5, 0.6) is 0 Å². The molecule has 2 aromatic heterocycles. The highest BCUT2D eigenvalue weighted by Crippen LogP contribution is 2.28. The summed E-state index contributed by atoms with van der Waals surface area (Å²) in [5, 5.41) is 9.14. The Bertz CT molecular complexity index is 687.